The number of hydrogen-bond acceptors (Lipinski definition) is 4. The Morgan fingerprint density at radius 1 is 1.44 bits per heavy atom. The van der Waals surface area contributed by atoms with Gasteiger partial charge in [-0.25, -0.2) is 0 Å². The normalized spacial score (nSPS) is 20.9. The minimum Gasteiger partial charge on any atom is -0.383 e. The summed E-state index contributed by atoms with van der Waals surface area (Å²) < 4.78 is 10.6. The highest BCUT2D eigenvalue weighted by Crippen LogP contribution is 2.16. The average Bonchev–Trinajstić information content (AvgIpc) is 2.39. The maximum absolute atomic E-state index is 11.9. The number of ketones is 1. The fourth-order valence-electron chi connectivity index (χ4n) is 2.57. The molecular formula is C14H27NO3. The number of methoxy groups -OCH3 is 1. The van der Waals surface area contributed by atoms with Gasteiger partial charge >= 0.3 is 0 Å². The molecule has 1 saturated heterocycles. The lowest BCUT2D eigenvalue weighted by atomic mass is 9.98. The third kappa shape index (κ3) is 4.67. The van der Waals surface area contributed by atoms with Gasteiger partial charge < -0.3 is 9.47 Å². The summed E-state index contributed by atoms with van der Waals surface area (Å²) in [5.74, 6) is 0.408. The molecule has 0 aromatic rings. The molecule has 1 aliphatic heterocycles. The molecule has 1 unspecified atom stereocenters. The van der Waals surface area contributed by atoms with Crippen molar-refractivity contribution >= 4 is 5.78 Å². The first kappa shape index (κ1) is 15.6. The minimum absolute atomic E-state index is 0.0520. The van der Waals surface area contributed by atoms with Gasteiger partial charge in [0.15, 0.2) is 0 Å². The van der Waals surface area contributed by atoms with Crippen LogP contribution in [0.25, 0.3) is 0 Å². The van der Waals surface area contributed by atoms with Gasteiger partial charge in [0, 0.05) is 32.7 Å². The average molecular weight is 257 g/mol. The molecule has 4 nitrogen and oxygen atoms in total. The van der Waals surface area contributed by atoms with E-state index in [4.69, 9.17) is 9.47 Å². The van der Waals surface area contributed by atoms with Crippen LogP contribution in [-0.4, -0.2) is 56.7 Å². The van der Waals surface area contributed by atoms with Gasteiger partial charge in [0.2, 0.25) is 0 Å². The van der Waals surface area contributed by atoms with Gasteiger partial charge in [-0.15, -0.1) is 0 Å². The quantitative estimate of drug-likeness (QED) is 0.664. The Kier molecular flexibility index (Phi) is 7.47. The summed E-state index contributed by atoms with van der Waals surface area (Å²) >= 11 is 0. The largest absolute Gasteiger partial charge is 0.383 e. The predicted octanol–water partition coefficient (Wildman–Crippen LogP) is 1.73. The Labute approximate surface area is 111 Å². The number of hydrogen-bond donors (Lipinski definition) is 0. The van der Waals surface area contributed by atoms with Crippen LogP contribution in [0.5, 0.6) is 0 Å². The summed E-state index contributed by atoms with van der Waals surface area (Å²) in [7, 11) is 1.72. The van der Waals surface area contributed by atoms with E-state index in [2.05, 4.69) is 18.7 Å². The van der Waals surface area contributed by atoms with E-state index >= 15 is 0 Å². The van der Waals surface area contributed by atoms with E-state index in [1.807, 2.05) is 0 Å². The number of carbonyl (C=O) groups excluding carboxylic acids is 1. The molecule has 0 aliphatic carbocycles. The molecular weight excluding hydrogens is 230 g/mol. The molecule has 0 bridgehead atoms. The minimum atomic E-state index is 0.0520. The molecule has 0 amide bonds. The maximum Gasteiger partial charge on any atom is 0.141 e. The van der Waals surface area contributed by atoms with Crippen molar-refractivity contribution in [3.05, 3.63) is 0 Å². The van der Waals surface area contributed by atoms with Crippen molar-refractivity contribution in [3.63, 3.8) is 0 Å². The van der Waals surface area contributed by atoms with Crippen LogP contribution in [0.4, 0.5) is 0 Å². The van der Waals surface area contributed by atoms with Gasteiger partial charge in [-0.1, -0.05) is 13.8 Å². The summed E-state index contributed by atoms with van der Waals surface area (Å²) in [6, 6.07) is 0.537. The fraction of sp³-hybridized carbons (Fsp3) is 0.929. The lowest BCUT2D eigenvalue weighted by Gasteiger charge is -2.34. The topological polar surface area (TPSA) is 38.8 Å². The fourth-order valence-corrected chi connectivity index (χ4v) is 2.57. The summed E-state index contributed by atoms with van der Waals surface area (Å²) in [6.45, 7) is 8.01. The van der Waals surface area contributed by atoms with Crippen molar-refractivity contribution in [2.24, 2.45) is 5.92 Å². The molecule has 0 saturated carbocycles. The molecule has 106 valence electrons. The zero-order valence-corrected chi connectivity index (χ0v) is 12.0. The first-order valence-corrected chi connectivity index (χ1v) is 7.06. The van der Waals surface area contributed by atoms with Crippen LogP contribution < -0.4 is 0 Å². The van der Waals surface area contributed by atoms with Crippen molar-refractivity contribution < 1.29 is 14.3 Å². The lowest BCUT2D eigenvalue weighted by molar-refractivity contribution is -0.131. The number of ether oxygens (including phenoxy) is 2. The lowest BCUT2D eigenvalue weighted by Crippen LogP contribution is -2.44. The van der Waals surface area contributed by atoms with Gasteiger partial charge in [0.25, 0.3) is 0 Å². The highest BCUT2D eigenvalue weighted by Gasteiger charge is 2.27. The van der Waals surface area contributed by atoms with E-state index in [9.17, 15) is 4.79 Å². The summed E-state index contributed by atoms with van der Waals surface area (Å²) in [5, 5.41) is 0. The van der Waals surface area contributed by atoms with Gasteiger partial charge in [-0.05, 0) is 12.8 Å². The SMILES string of the molecule is CCC(CC)N(CCOC)CC1COCCC1=O. The zero-order valence-electron chi connectivity index (χ0n) is 12.0. The van der Waals surface area contributed by atoms with E-state index in [0.29, 0.717) is 31.5 Å². The number of rotatable bonds is 8. The summed E-state index contributed by atoms with van der Waals surface area (Å²) in [6.07, 6.45) is 2.80. The van der Waals surface area contributed by atoms with Crippen molar-refractivity contribution in [2.45, 2.75) is 39.2 Å². The van der Waals surface area contributed by atoms with Crippen LogP contribution in [0.1, 0.15) is 33.1 Å². The highest BCUT2D eigenvalue weighted by atomic mass is 16.5. The first-order valence-electron chi connectivity index (χ1n) is 7.06. The number of nitrogens with zero attached hydrogens (tertiary/aromatic N) is 1. The van der Waals surface area contributed by atoms with Crippen molar-refractivity contribution in [2.75, 3.05) is 40.0 Å². The Bertz CT molecular complexity index is 241. The van der Waals surface area contributed by atoms with E-state index in [0.717, 1.165) is 32.5 Å². The van der Waals surface area contributed by atoms with Crippen LogP contribution in [0.2, 0.25) is 0 Å². The zero-order chi connectivity index (χ0) is 13.4. The van der Waals surface area contributed by atoms with E-state index in [-0.39, 0.29) is 5.92 Å². The van der Waals surface area contributed by atoms with Crippen LogP contribution in [0.15, 0.2) is 0 Å². The molecule has 0 aromatic carbocycles. The molecule has 1 heterocycles. The van der Waals surface area contributed by atoms with E-state index in [1.165, 1.54) is 0 Å². The second-order valence-corrected chi connectivity index (χ2v) is 4.95. The molecule has 0 radical (unpaired) electrons. The standard InChI is InChI=1S/C14H27NO3/c1-4-13(5-2)15(7-9-17-3)10-12-11-18-8-6-14(12)16/h12-13H,4-11H2,1-3H3. The molecule has 1 rings (SSSR count). The van der Waals surface area contributed by atoms with Crippen LogP contribution in [0, 0.1) is 5.92 Å². The highest BCUT2D eigenvalue weighted by molar-refractivity contribution is 5.82. The third-order valence-electron chi connectivity index (χ3n) is 3.76. The van der Waals surface area contributed by atoms with Crippen molar-refractivity contribution in [1.29, 1.82) is 0 Å². The Morgan fingerprint density at radius 2 is 2.17 bits per heavy atom. The van der Waals surface area contributed by atoms with E-state index in [1.54, 1.807) is 7.11 Å². The number of Topliss-reactive ketones (excluding diaryl/α,β-unsaturated/α-hetero) is 1. The van der Waals surface area contributed by atoms with Crippen LogP contribution in [-0.2, 0) is 14.3 Å². The smallest absolute Gasteiger partial charge is 0.141 e. The summed E-state index contributed by atoms with van der Waals surface area (Å²) in [5.41, 5.74) is 0. The van der Waals surface area contributed by atoms with Crippen LogP contribution in [0.3, 0.4) is 0 Å². The first-order chi connectivity index (χ1) is 8.72. The van der Waals surface area contributed by atoms with Gasteiger partial charge in [0.05, 0.1) is 25.7 Å². The van der Waals surface area contributed by atoms with Crippen molar-refractivity contribution in [1.82, 2.24) is 4.90 Å². The Balaban J connectivity index is 2.55. The molecule has 1 atom stereocenters. The molecule has 1 aliphatic rings. The van der Waals surface area contributed by atoms with Gasteiger partial charge in [0.1, 0.15) is 5.78 Å². The third-order valence-corrected chi connectivity index (χ3v) is 3.76. The summed E-state index contributed by atoms with van der Waals surface area (Å²) in [4.78, 5) is 14.3. The molecule has 0 aromatic heterocycles. The molecule has 0 spiro atoms. The van der Waals surface area contributed by atoms with Crippen LogP contribution >= 0.6 is 0 Å². The van der Waals surface area contributed by atoms with Gasteiger partial charge in [-0.3, -0.25) is 9.69 Å². The van der Waals surface area contributed by atoms with Gasteiger partial charge in [-0.2, -0.15) is 0 Å². The molecule has 0 N–H and O–H groups in total. The molecule has 18 heavy (non-hydrogen) atoms. The second kappa shape index (κ2) is 8.62. The maximum atomic E-state index is 11.9. The van der Waals surface area contributed by atoms with E-state index < -0.39 is 0 Å². The molecule has 4 heteroatoms. The Morgan fingerprint density at radius 3 is 2.72 bits per heavy atom. The predicted molar refractivity (Wildman–Crippen MR) is 71.8 cm³/mol. The second-order valence-electron chi connectivity index (χ2n) is 4.95. The Hall–Kier alpha value is -0.450. The number of carbonyl (C=O) groups is 1. The monoisotopic (exact) mass is 257 g/mol. The molecule has 1 fully saturated rings. The van der Waals surface area contributed by atoms with Crippen molar-refractivity contribution in [3.8, 4) is 0 Å².